The highest BCUT2D eigenvalue weighted by atomic mass is 16.3. The van der Waals surface area contributed by atoms with Crippen LogP contribution >= 0.6 is 0 Å². The van der Waals surface area contributed by atoms with Crippen molar-refractivity contribution < 1.29 is 5.11 Å². The minimum absolute atomic E-state index is 0.341. The van der Waals surface area contributed by atoms with Crippen molar-refractivity contribution in [1.82, 2.24) is 0 Å². The lowest BCUT2D eigenvalue weighted by Gasteiger charge is -2.33. The molecule has 2 aliphatic rings. The Labute approximate surface area is 110 Å². The summed E-state index contributed by atoms with van der Waals surface area (Å²) in [6.07, 6.45) is 7.62. The summed E-state index contributed by atoms with van der Waals surface area (Å²) in [5, 5.41) is 9.87. The van der Waals surface area contributed by atoms with Crippen LogP contribution < -0.4 is 4.90 Å². The molecule has 0 spiro atoms. The summed E-state index contributed by atoms with van der Waals surface area (Å²) in [7, 11) is 0. The van der Waals surface area contributed by atoms with Crippen molar-refractivity contribution in [1.29, 1.82) is 0 Å². The van der Waals surface area contributed by atoms with E-state index >= 15 is 0 Å². The molecule has 0 bridgehead atoms. The van der Waals surface area contributed by atoms with E-state index in [9.17, 15) is 5.11 Å². The summed E-state index contributed by atoms with van der Waals surface area (Å²) in [6.45, 7) is 3.02. The van der Waals surface area contributed by atoms with Crippen LogP contribution in [0.5, 0.6) is 0 Å². The monoisotopic (exact) mass is 245 g/mol. The van der Waals surface area contributed by atoms with E-state index in [0.29, 0.717) is 0 Å². The normalized spacial score (nSPS) is 22.0. The van der Waals surface area contributed by atoms with Crippen molar-refractivity contribution in [3.05, 3.63) is 29.3 Å². The molecule has 1 aliphatic carbocycles. The summed E-state index contributed by atoms with van der Waals surface area (Å²) in [5.74, 6) is 0. The van der Waals surface area contributed by atoms with E-state index in [1.54, 1.807) is 0 Å². The van der Waals surface area contributed by atoms with Crippen LogP contribution in [0.2, 0.25) is 0 Å². The van der Waals surface area contributed by atoms with Gasteiger partial charge in [0.1, 0.15) is 0 Å². The first kappa shape index (κ1) is 12.0. The average molecular weight is 245 g/mol. The number of nitrogens with zero attached hydrogens (tertiary/aromatic N) is 1. The zero-order valence-corrected chi connectivity index (χ0v) is 11.2. The summed E-state index contributed by atoms with van der Waals surface area (Å²) >= 11 is 0. The first-order valence-electron chi connectivity index (χ1n) is 7.34. The number of benzene rings is 1. The van der Waals surface area contributed by atoms with Crippen LogP contribution in [0.3, 0.4) is 0 Å². The van der Waals surface area contributed by atoms with Crippen LogP contribution in [0.4, 0.5) is 5.69 Å². The highest BCUT2D eigenvalue weighted by Crippen LogP contribution is 2.37. The average Bonchev–Trinajstić information content (AvgIpc) is 2.83. The van der Waals surface area contributed by atoms with Gasteiger partial charge in [0.05, 0.1) is 6.10 Å². The molecule has 98 valence electrons. The second-order valence-electron chi connectivity index (χ2n) is 5.76. The van der Waals surface area contributed by atoms with Crippen molar-refractivity contribution in [2.75, 3.05) is 11.4 Å². The van der Waals surface area contributed by atoms with E-state index in [2.05, 4.69) is 23.1 Å². The minimum Gasteiger partial charge on any atom is -0.389 e. The predicted octanol–water partition coefficient (Wildman–Crippen LogP) is 3.44. The molecule has 0 saturated heterocycles. The first-order valence-corrected chi connectivity index (χ1v) is 7.34. The number of fused-ring (bicyclic) bond motifs is 1. The van der Waals surface area contributed by atoms with Crippen molar-refractivity contribution in [2.45, 2.75) is 57.6 Å². The highest BCUT2D eigenvalue weighted by molar-refractivity contribution is 5.62. The molecule has 1 aliphatic heterocycles. The smallest absolute Gasteiger partial charge is 0.0765 e. The largest absolute Gasteiger partial charge is 0.389 e. The number of hydrogen-bond donors (Lipinski definition) is 1. The number of aliphatic hydroxyl groups is 1. The zero-order valence-electron chi connectivity index (χ0n) is 11.2. The topological polar surface area (TPSA) is 23.5 Å². The third kappa shape index (κ3) is 2.03. The van der Waals surface area contributed by atoms with Gasteiger partial charge in [-0.1, -0.05) is 31.4 Å². The fourth-order valence-corrected chi connectivity index (χ4v) is 3.65. The summed E-state index contributed by atoms with van der Waals surface area (Å²) in [4.78, 5) is 2.60. The molecule has 1 aromatic rings. The Morgan fingerprint density at radius 1 is 1.22 bits per heavy atom. The van der Waals surface area contributed by atoms with E-state index in [1.165, 1.54) is 43.4 Å². The maximum atomic E-state index is 9.87. The maximum Gasteiger partial charge on any atom is 0.0765 e. The Morgan fingerprint density at radius 3 is 2.72 bits per heavy atom. The number of aliphatic hydroxyl groups excluding tert-OH is 1. The van der Waals surface area contributed by atoms with Gasteiger partial charge in [-0.25, -0.2) is 0 Å². The molecule has 2 heteroatoms. The SMILES string of the molecule is CC(O)c1cccc2c1CCN2C1CCCCC1. The zero-order chi connectivity index (χ0) is 12.5. The Morgan fingerprint density at radius 2 is 2.00 bits per heavy atom. The van der Waals surface area contributed by atoms with Crippen molar-refractivity contribution >= 4 is 5.69 Å². The van der Waals surface area contributed by atoms with Gasteiger partial charge in [-0.2, -0.15) is 0 Å². The van der Waals surface area contributed by atoms with Crippen LogP contribution in [-0.2, 0) is 6.42 Å². The first-order chi connectivity index (χ1) is 8.77. The minimum atomic E-state index is -0.341. The van der Waals surface area contributed by atoms with Crippen LogP contribution in [-0.4, -0.2) is 17.7 Å². The molecular formula is C16H23NO. The quantitative estimate of drug-likeness (QED) is 0.863. The van der Waals surface area contributed by atoms with Crippen molar-refractivity contribution in [3.63, 3.8) is 0 Å². The molecule has 1 heterocycles. The molecule has 0 radical (unpaired) electrons. The maximum absolute atomic E-state index is 9.87. The molecule has 0 amide bonds. The summed E-state index contributed by atoms with van der Waals surface area (Å²) in [6, 6.07) is 7.16. The van der Waals surface area contributed by atoms with Crippen LogP contribution in [0, 0.1) is 0 Å². The molecule has 18 heavy (non-hydrogen) atoms. The fourth-order valence-electron chi connectivity index (χ4n) is 3.65. The molecule has 2 nitrogen and oxygen atoms in total. The molecule has 1 saturated carbocycles. The van der Waals surface area contributed by atoms with E-state index in [0.717, 1.165) is 24.6 Å². The Kier molecular flexibility index (Phi) is 3.29. The van der Waals surface area contributed by atoms with Gasteiger partial charge in [0.2, 0.25) is 0 Å². The van der Waals surface area contributed by atoms with E-state index in [-0.39, 0.29) is 6.10 Å². The second-order valence-corrected chi connectivity index (χ2v) is 5.76. The van der Waals surface area contributed by atoms with E-state index in [1.807, 2.05) is 6.92 Å². The Hall–Kier alpha value is -1.02. The van der Waals surface area contributed by atoms with Gasteiger partial charge in [-0.15, -0.1) is 0 Å². The molecule has 1 N–H and O–H groups in total. The predicted molar refractivity (Wildman–Crippen MR) is 75.0 cm³/mol. The lowest BCUT2D eigenvalue weighted by molar-refractivity contribution is 0.198. The second kappa shape index (κ2) is 4.93. The standard InChI is InChI=1S/C16H23NO/c1-12(18)14-8-5-9-16-15(14)10-11-17(16)13-6-3-2-4-7-13/h5,8-9,12-13,18H,2-4,6-7,10-11H2,1H3. The molecule has 0 aromatic heterocycles. The van der Waals surface area contributed by atoms with Crippen LogP contribution in [0.1, 0.15) is 56.3 Å². The van der Waals surface area contributed by atoms with Crippen LogP contribution in [0.25, 0.3) is 0 Å². The van der Waals surface area contributed by atoms with Gasteiger partial charge in [0.25, 0.3) is 0 Å². The lowest BCUT2D eigenvalue weighted by atomic mass is 9.94. The van der Waals surface area contributed by atoms with Gasteiger partial charge < -0.3 is 10.0 Å². The van der Waals surface area contributed by atoms with E-state index in [4.69, 9.17) is 0 Å². The molecule has 1 fully saturated rings. The lowest BCUT2D eigenvalue weighted by Crippen LogP contribution is -2.35. The fraction of sp³-hybridized carbons (Fsp3) is 0.625. The van der Waals surface area contributed by atoms with Gasteiger partial charge in [0, 0.05) is 18.3 Å². The van der Waals surface area contributed by atoms with Crippen molar-refractivity contribution in [3.8, 4) is 0 Å². The highest BCUT2D eigenvalue weighted by Gasteiger charge is 2.28. The van der Waals surface area contributed by atoms with E-state index < -0.39 is 0 Å². The third-order valence-electron chi connectivity index (χ3n) is 4.57. The van der Waals surface area contributed by atoms with Gasteiger partial charge >= 0.3 is 0 Å². The summed E-state index contributed by atoms with van der Waals surface area (Å²) in [5.41, 5.74) is 3.91. The van der Waals surface area contributed by atoms with Gasteiger partial charge in [-0.3, -0.25) is 0 Å². The van der Waals surface area contributed by atoms with Crippen LogP contribution in [0.15, 0.2) is 18.2 Å². The third-order valence-corrected chi connectivity index (χ3v) is 4.57. The molecular weight excluding hydrogens is 222 g/mol. The van der Waals surface area contributed by atoms with Gasteiger partial charge in [-0.05, 0) is 43.4 Å². The summed E-state index contributed by atoms with van der Waals surface area (Å²) < 4.78 is 0. The molecule has 1 unspecified atom stereocenters. The van der Waals surface area contributed by atoms with Crippen molar-refractivity contribution in [2.24, 2.45) is 0 Å². The molecule has 1 aromatic carbocycles. The number of hydrogen-bond acceptors (Lipinski definition) is 2. The number of rotatable bonds is 2. The Balaban J connectivity index is 1.89. The molecule has 3 rings (SSSR count). The number of anilines is 1. The van der Waals surface area contributed by atoms with Gasteiger partial charge in [0.15, 0.2) is 0 Å². The Bertz CT molecular complexity index is 421. The molecule has 1 atom stereocenters.